The van der Waals surface area contributed by atoms with Gasteiger partial charge in [0.05, 0.1) is 25.0 Å². The summed E-state index contributed by atoms with van der Waals surface area (Å²) in [5.41, 5.74) is 1.54. The van der Waals surface area contributed by atoms with Gasteiger partial charge in [-0.2, -0.15) is 0 Å². The topological polar surface area (TPSA) is 114 Å². The van der Waals surface area contributed by atoms with Crippen LogP contribution in [0.3, 0.4) is 0 Å². The van der Waals surface area contributed by atoms with Crippen LogP contribution >= 0.6 is 0 Å². The molecule has 0 saturated carbocycles. The highest BCUT2D eigenvalue weighted by Gasteiger charge is 2.31. The first-order chi connectivity index (χ1) is 12.1. The summed E-state index contributed by atoms with van der Waals surface area (Å²) in [7, 11) is 0. The van der Waals surface area contributed by atoms with Crippen LogP contribution in [0.1, 0.15) is 33.8 Å². The van der Waals surface area contributed by atoms with Crippen molar-refractivity contribution in [2.75, 3.05) is 6.54 Å². The van der Waals surface area contributed by atoms with Crippen LogP contribution in [-0.4, -0.2) is 54.4 Å². The van der Waals surface area contributed by atoms with E-state index in [1.807, 2.05) is 0 Å². The average Bonchev–Trinajstić information content (AvgIpc) is 3.34. The molecule has 1 fully saturated rings. The van der Waals surface area contributed by atoms with Crippen LogP contribution in [0.25, 0.3) is 11.1 Å². The summed E-state index contributed by atoms with van der Waals surface area (Å²) in [5.74, 6) is -1.27. The van der Waals surface area contributed by atoms with E-state index in [0.717, 1.165) is 12.8 Å². The highest BCUT2D eigenvalue weighted by Crippen LogP contribution is 2.22. The van der Waals surface area contributed by atoms with Crippen LogP contribution < -0.4 is 0 Å². The van der Waals surface area contributed by atoms with Crippen molar-refractivity contribution in [3.63, 3.8) is 0 Å². The standard InChI is InChI=1S/C16H15N5O4/c22-15(12-3-4-14-11(17-12)5-7-25-14)21-6-1-2-10(21)8-20-9-13(16(23)24)18-19-20/h3-5,7,9-10H,1-2,6,8H2,(H,23,24). The van der Waals surface area contributed by atoms with Crippen LogP contribution in [0.15, 0.2) is 35.1 Å². The van der Waals surface area contributed by atoms with E-state index in [9.17, 15) is 9.59 Å². The first kappa shape index (κ1) is 15.3. The van der Waals surface area contributed by atoms with Crippen LogP contribution in [-0.2, 0) is 6.54 Å². The predicted molar refractivity (Wildman–Crippen MR) is 85.0 cm³/mol. The molecule has 0 aliphatic carbocycles. The molecule has 9 heteroatoms. The van der Waals surface area contributed by atoms with Crippen molar-refractivity contribution in [2.24, 2.45) is 0 Å². The molecular weight excluding hydrogens is 326 g/mol. The maximum Gasteiger partial charge on any atom is 0.358 e. The predicted octanol–water partition coefficient (Wildman–Crippen LogP) is 1.42. The Morgan fingerprint density at radius 3 is 2.96 bits per heavy atom. The Labute approximate surface area is 141 Å². The van der Waals surface area contributed by atoms with Gasteiger partial charge < -0.3 is 14.4 Å². The van der Waals surface area contributed by atoms with Gasteiger partial charge in [0.25, 0.3) is 5.91 Å². The average molecular weight is 341 g/mol. The number of carboxylic acids is 1. The number of hydrogen-bond donors (Lipinski definition) is 1. The molecule has 1 N–H and O–H groups in total. The maximum atomic E-state index is 12.8. The number of likely N-dealkylation sites (tertiary alicyclic amines) is 1. The molecule has 4 heterocycles. The first-order valence-corrected chi connectivity index (χ1v) is 7.90. The molecular formula is C16H15N5O4. The van der Waals surface area contributed by atoms with E-state index in [1.165, 1.54) is 17.1 Å². The second kappa shape index (κ2) is 6.00. The second-order valence-electron chi connectivity index (χ2n) is 5.93. The van der Waals surface area contributed by atoms with Gasteiger partial charge in [-0.25, -0.2) is 14.5 Å². The minimum Gasteiger partial charge on any atom is -0.476 e. The van der Waals surface area contributed by atoms with Gasteiger partial charge >= 0.3 is 5.97 Å². The van der Waals surface area contributed by atoms with E-state index in [0.29, 0.717) is 29.9 Å². The van der Waals surface area contributed by atoms with E-state index >= 15 is 0 Å². The number of amides is 1. The van der Waals surface area contributed by atoms with E-state index in [1.54, 1.807) is 23.1 Å². The molecule has 1 amide bonds. The summed E-state index contributed by atoms with van der Waals surface area (Å²) >= 11 is 0. The van der Waals surface area contributed by atoms with E-state index in [-0.39, 0.29) is 17.6 Å². The molecule has 1 aliphatic heterocycles. The van der Waals surface area contributed by atoms with Gasteiger partial charge in [-0.05, 0) is 25.0 Å². The lowest BCUT2D eigenvalue weighted by atomic mass is 10.2. The fraction of sp³-hybridized carbons (Fsp3) is 0.312. The van der Waals surface area contributed by atoms with E-state index < -0.39 is 5.97 Å². The van der Waals surface area contributed by atoms with Crippen molar-refractivity contribution >= 4 is 23.0 Å². The van der Waals surface area contributed by atoms with Crippen LogP contribution in [0.5, 0.6) is 0 Å². The molecule has 0 radical (unpaired) electrons. The molecule has 25 heavy (non-hydrogen) atoms. The Balaban J connectivity index is 1.53. The zero-order valence-corrected chi connectivity index (χ0v) is 13.2. The van der Waals surface area contributed by atoms with Crippen molar-refractivity contribution in [3.05, 3.63) is 42.0 Å². The molecule has 4 rings (SSSR count). The summed E-state index contributed by atoms with van der Waals surface area (Å²) in [6.45, 7) is 1.04. The highest BCUT2D eigenvalue weighted by molar-refractivity contribution is 5.94. The third kappa shape index (κ3) is 2.84. The number of aromatic carboxylic acids is 1. The molecule has 128 valence electrons. The molecule has 9 nitrogen and oxygen atoms in total. The maximum absolute atomic E-state index is 12.8. The Morgan fingerprint density at radius 1 is 1.28 bits per heavy atom. The lowest BCUT2D eigenvalue weighted by Gasteiger charge is -2.24. The van der Waals surface area contributed by atoms with Crippen LogP contribution in [0.4, 0.5) is 0 Å². The molecule has 0 spiro atoms. The normalized spacial score (nSPS) is 17.3. The smallest absolute Gasteiger partial charge is 0.358 e. The molecule has 1 aliphatic rings. The third-order valence-corrected chi connectivity index (χ3v) is 4.32. The van der Waals surface area contributed by atoms with Crippen LogP contribution in [0, 0.1) is 0 Å². The zero-order chi connectivity index (χ0) is 17.4. The summed E-state index contributed by atoms with van der Waals surface area (Å²) in [6, 6.07) is 5.03. The zero-order valence-electron chi connectivity index (χ0n) is 13.2. The molecule has 1 atom stereocenters. The third-order valence-electron chi connectivity index (χ3n) is 4.32. The lowest BCUT2D eigenvalue weighted by Crippen LogP contribution is -2.38. The van der Waals surface area contributed by atoms with Crippen LogP contribution in [0.2, 0.25) is 0 Å². The number of carbonyl (C=O) groups excluding carboxylic acids is 1. The Hall–Kier alpha value is -3.23. The monoisotopic (exact) mass is 341 g/mol. The lowest BCUT2D eigenvalue weighted by molar-refractivity contribution is 0.0686. The van der Waals surface area contributed by atoms with Crippen molar-refractivity contribution in [1.29, 1.82) is 0 Å². The molecule has 0 aromatic carbocycles. The fourth-order valence-corrected chi connectivity index (χ4v) is 3.11. The molecule has 0 bridgehead atoms. The number of nitrogens with zero attached hydrogens (tertiary/aromatic N) is 5. The number of pyridine rings is 1. The van der Waals surface area contributed by atoms with Gasteiger partial charge in [-0.3, -0.25) is 4.79 Å². The summed E-state index contributed by atoms with van der Waals surface area (Å²) in [4.78, 5) is 29.8. The van der Waals surface area contributed by atoms with Gasteiger partial charge in [0, 0.05) is 12.6 Å². The second-order valence-corrected chi connectivity index (χ2v) is 5.93. The van der Waals surface area contributed by atoms with Crippen molar-refractivity contribution in [1.82, 2.24) is 24.9 Å². The van der Waals surface area contributed by atoms with Gasteiger partial charge in [-0.15, -0.1) is 5.10 Å². The number of hydrogen-bond acceptors (Lipinski definition) is 6. The van der Waals surface area contributed by atoms with E-state index in [4.69, 9.17) is 9.52 Å². The van der Waals surface area contributed by atoms with Crippen molar-refractivity contribution in [2.45, 2.75) is 25.4 Å². The van der Waals surface area contributed by atoms with Gasteiger partial charge in [-0.1, -0.05) is 5.21 Å². The number of furan rings is 1. The van der Waals surface area contributed by atoms with Crippen molar-refractivity contribution in [3.8, 4) is 0 Å². The molecule has 3 aromatic heterocycles. The minimum atomic E-state index is -1.12. The Morgan fingerprint density at radius 2 is 2.16 bits per heavy atom. The quantitative estimate of drug-likeness (QED) is 0.763. The van der Waals surface area contributed by atoms with Gasteiger partial charge in [0.2, 0.25) is 0 Å². The Kier molecular flexibility index (Phi) is 3.68. The minimum absolute atomic E-state index is 0.0716. The van der Waals surface area contributed by atoms with Gasteiger partial charge in [0.1, 0.15) is 11.2 Å². The molecule has 1 unspecified atom stereocenters. The molecule has 3 aromatic rings. The number of fused-ring (bicyclic) bond motifs is 1. The summed E-state index contributed by atoms with van der Waals surface area (Å²) in [5, 5.41) is 16.3. The largest absolute Gasteiger partial charge is 0.476 e. The SMILES string of the molecule is O=C(O)c1cn(CC2CCCN2C(=O)c2ccc3occc3n2)nn1. The summed E-state index contributed by atoms with van der Waals surface area (Å²) in [6.07, 6.45) is 4.61. The number of rotatable bonds is 4. The van der Waals surface area contributed by atoms with Crippen molar-refractivity contribution < 1.29 is 19.1 Å². The Bertz CT molecular complexity index is 947. The number of aromatic nitrogens is 4. The summed E-state index contributed by atoms with van der Waals surface area (Å²) < 4.78 is 6.71. The number of carbonyl (C=O) groups is 2. The highest BCUT2D eigenvalue weighted by atomic mass is 16.4. The number of carboxylic acid groups (broad SMARTS) is 1. The molecule has 1 saturated heterocycles. The van der Waals surface area contributed by atoms with Gasteiger partial charge in [0.15, 0.2) is 11.3 Å². The van der Waals surface area contributed by atoms with E-state index in [2.05, 4.69) is 15.3 Å². The first-order valence-electron chi connectivity index (χ1n) is 7.90. The fourth-order valence-electron chi connectivity index (χ4n) is 3.11.